The number of carbonyl (C=O) groups is 2. The first-order valence-electron chi connectivity index (χ1n) is 8.77. The van der Waals surface area contributed by atoms with Crippen LogP contribution in [0.5, 0.6) is 0 Å². The minimum absolute atomic E-state index is 0.0594. The Morgan fingerprint density at radius 3 is 2.41 bits per heavy atom. The number of piperidine rings is 1. The maximum absolute atomic E-state index is 12.6. The maximum atomic E-state index is 12.6. The molecule has 1 heterocycles. The third-order valence-corrected chi connectivity index (χ3v) is 5.04. The van der Waals surface area contributed by atoms with Gasteiger partial charge in [0.1, 0.15) is 0 Å². The van der Waals surface area contributed by atoms with Crippen molar-refractivity contribution in [3.05, 3.63) is 0 Å². The van der Waals surface area contributed by atoms with E-state index >= 15 is 0 Å². The minimum Gasteiger partial charge on any atom is -0.481 e. The summed E-state index contributed by atoms with van der Waals surface area (Å²) in [6.45, 7) is 5.27. The van der Waals surface area contributed by atoms with Gasteiger partial charge in [-0.3, -0.25) is 4.79 Å². The van der Waals surface area contributed by atoms with Gasteiger partial charge in [0.05, 0.1) is 5.92 Å². The molecule has 0 bridgehead atoms. The Hall–Kier alpha value is -1.26. The first kappa shape index (κ1) is 17.1. The molecule has 1 aliphatic heterocycles. The summed E-state index contributed by atoms with van der Waals surface area (Å²) in [4.78, 5) is 25.6. The summed E-state index contributed by atoms with van der Waals surface area (Å²) in [5.74, 6) is -0.320. The Bertz CT molecular complexity index is 389. The number of carboxylic acids is 1. The van der Waals surface area contributed by atoms with Gasteiger partial charge in [-0.15, -0.1) is 0 Å². The van der Waals surface area contributed by atoms with Crippen molar-refractivity contribution in [3.8, 4) is 0 Å². The third-order valence-electron chi connectivity index (χ3n) is 5.04. The zero-order chi connectivity index (χ0) is 16.1. The first-order chi connectivity index (χ1) is 10.5. The fraction of sp³-hybridized carbons (Fsp3) is 0.882. The van der Waals surface area contributed by atoms with Crippen LogP contribution in [0.15, 0.2) is 0 Å². The second kappa shape index (κ2) is 7.84. The molecule has 0 spiro atoms. The van der Waals surface area contributed by atoms with Crippen molar-refractivity contribution in [2.75, 3.05) is 6.54 Å². The van der Waals surface area contributed by atoms with Crippen molar-refractivity contribution in [3.63, 3.8) is 0 Å². The molecule has 1 atom stereocenters. The van der Waals surface area contributed by atoms with Crippen molar-refractivity contribution >= 4 is 12.0 Å². The molecule has 0 aromatic carbocycles. The van der Waals surface area contributed by atoms with Gasteiger partial charge < -0.3 is 15.3 Å². The molecule has 2 aliphatic rings. The molecule has 1 saturated carbocycles. The number of amides is 2. The average Bonchev–Trinajstić information content (AvgIpc) is 2.47. The van der Waals surface area contributed by atoms with Gasteiger partial charge in [0.15, 0.2) is 0 Å². The summed E-state index contributed by atoms with van der Waals surface area (Å²) in [5, 5.41) is 12.2. The SMILES string of the molecule is CC(C)CC1CCCCN1C(=O)NC1CCC(C(=O)O)CC1. The highest BCUT2D eigenvalue weighted by Crippen LogP contribution is 2.26. The van der Waals surface area contributed by atoms with Crippen LogP contribution in [0.1, 0.15) is 65.2 Å². The molecular weight excluding hydrogens is 280 g/mol. The third kappa shape index (κ3) is 4.62. The standard InChI is InChI=1S/C17H30N2O3/c1-12(2)11-15-5-3-4-10-19(15)17(22)18-14-8-6-13(7-9-14)16(20)21/h12-15H,3-11H2,1-2H3,(H,18,22)(H,20,21). The summed E-state index contributed by atoms with van der Waals surface area (Å²) >= 11 is 0. The number of urea groups is 1. The van der Waals surface area contributed by atoms with Crippen LogP contribution in [-0.4, -0.2) is 40.6 Å². The largest absolute Gasteiger partial charge is 0.481 e. The molecule has 2 fully saturated rings. The smallest absolute Gasteiger partial charge is 0.317 e. The van der Waals surface area contributed by atoms with Crippen molar-refractivity contribution < 1.29 is 14.7 Å². The topological polar surface area (TPSA) is 69.6 Å². The van der Waals surface area contributed by atoms with Gasteiger partial charge in [-0.2, -0.15) is 0 Å². The van der Waals surface area contributed by atoms with Crippen molar-refractivity contribution in [2.24, 2.45) is 11.8 Å². The van der Waals surface area contributed by atoms with Gasteiger partial charge in [0.2, 0.25) is 0 Å². The number of carboxylic acid groups (broad SMARTS) is 1. The second-order valence-electron chi connectivity index (χ2n) is 7.31. The molecule has 1 saturated heterocycles. The predicted molar refractivity (Wildman–Crippen MR) is 85.7 cm³/mol. The van der Waals surface area contributed by atoms with Gasteiger partial charge >= 0.3 is 12.0 Å². The number of aliphatic carboxylic acids is 1. The number of likely N-dealkylation sites (tertiary alicyclic amines) is 1. The predicted octanol–water partition coefficient (Wildman–Crippen LogP) is 3.24. The molecule has 5 heteroatoms. The highest BCUT2D eigenvalue weighted by Gasteiger charge is 2.31. The minimum atomic E-state index is -0.696. The molecule has 2 N–H and O–H groups in total. The van der Waals surface area contributed by atoms with Crippen molar-refractivity contribution in [1.29, 1.82) is 0 Å². The summed E-state index contributed by atoms with van der Waals surface area (Å²) in [5.41, 5.74) is 0. The zero-order valence-corrected chi connectivity index (χ0v) is 13.9. The van der Waals surface area contributed by atoms with Gasteiger partial charge in [0.25, 0.3) is 0 Å². The lowest BCUT2D eigenvalue weighted by Crippen LogP contribution is -2.52. The lowest BCUT2D eigenvalue weighted by atomic mass is 9.86. The molecule has 0 aromatic heterocycles. The number of nitrogens with zero attached hydrogens (tertiary/aromatic N) is 1. The lowest BCUT2D eigenvalue weighted by Gasteiger charge is -2.38. The number of carbonyl (C=O) groups excluding carboxylic acids is 1. The zero-order valence-electron chi connectivity index (χ0n) is 13.9. The van der Waals surface area contributed by atoms with E-state index in [0.717, 1.165) is 38.6 Å². The van der Waals surface area contributed by atoms with Crippen LogP contribution in [0.2, 0.25) is 0 Å². The number of nitrogens with one attached hydrogen (secondary N) is 1. The van der Waals surface area contributed by atoms with Crippen LogP contribution in [-0.2, 0) is 4.79 Å². The Labute approximate surface area is 133 Å². The van der Waals surface area contributed by atoms with E-state index in [0.29, 0.717) is 24.8 Å². The Morgan fingerprint density at radius 2 is 1.82 bits per heavy atom. The van der Waals surface area contributed by atoms with Crippen LogP contribution >= 0.6 is 0 Å². The average molecular weight is 310 g/mol. The Morgan fingerprint density at radius 1 is 1.14 bits per heavy atom. The summed E-state index contributed by atoms with van der Waals surface area (Å²) in [6.07, 6.45) is 7.40. The molecule has 1 unspecified atom stereocenters. The van der Waals surface area contributed by atoms with E-state index in [1.165, 1.54) is 6.42 Å². The molecule has 0 aromatic rings. The molecule has 0 radical (unpaired) electrons. The monoisotopic (exact) mass is 310 g/mol. The fourth-order valence-electron chi connectivity index (χ4n) is 3.80. The molecule has 5 nitrogen and oxygen atoms in total. The molecule has 1 aliphatic carbocycles. The summed E-state index contributed by atoms with van der Waals surface area (Å²) < 4.78 is 0. The Balaban J connectivity index is 1.84. The normalized spacial score (nSPS) is 29.4. The molecule has 22 heavy (non-hydrogen) atoms. The fourth-order valence-corrected chi connectivity index (χ4v) is 3.80. The van der Waals surface area contributed by atoms with Gasteiger partial charge in [-0.05, 0) is 57.3 Å². The van der Waals surface area contributed by atoms with Gasteiger partial charge in [-0.25, -0.2) is 4.79 Å². The van der Waals surface area contributed by atoms with Crippen LogP contribution < -0.4 is 5.32 Å². The summed E-state index contributed by atoms with van der Waals surface area (Å²) in [7, 11) is 0. The highest BCUT2D eigenvalue weighted by atomic mass is 16.4. The van der Waals surface area contributed by atoms with Crippen LogP contribution in [0.3, 0.4) is 0 Å². The van der Waals surface area contributed by atoms with Crippen molar-refractivity contribution in [1.82, 2.24) is 10.2 Å². The van der Waals surface area contributed by atoms with Gasteiger partial charge in [0, 0.05) is 18.6 Å². The van der Waals surface area contributed by atoms with Gasteiger partial charge in [-0.1, -0.05) is 13.8 Å². The molecule has 126 valence electrons. The number of hydrogen-bond donors (Lipinski definition) is 2. The quantitative estimate of drug-likeness (QED) is 0.837. The highest BCUT2D eigenvalue weighted by molar-refractivity contribution is 5.75. The van der Waals surface area contributed by atoms with E-state index in [4.69, 9.17) is 5.11 Å². The van der Waals surface area contributed by atoms with Crippen LogP contribution in [0.4, 0.5) is 4.79 Å². The van der Waals surface area contributed by atoms with E-state index in [-0.39, 0.29) is 18.0 Å². The van der Waals surface area contributed by atoms with Crippen molar-refractivity contribution in [2.45, 2.75) is 77.3 Å². The number of rotatable bonds is 4. The Kier molecular flexibility index (Phi) is 6.09. The summed E-state index contributed by atoms with van der Waals surface area (Å²) in [6, 6.07) is 0.568. The van der Waals surface area contributed by atoms with Crippen LogP contribution in [0.25, 0.3) is 0 Å². The van der Waals surface area contributed by atoms with E-state index in [2.05, 4.69) is 19.2 Å². The van der Waals surface area contributed by atoms with Crippen LogP contribution in [0, 0.1) is 11.8 Å². The molecule has 2 rings (SSSR count). The van der Waals surface area contributed by atoms with E-state index in [9.17, 15) is 9.59 Å². The lowest BCUT2D eigenvalue weighted by molar-refractivity contribution is -0.142. The number of hydrogen-bond acceptors (Lipinski definition) is 2. The van der Waals surface area contributed by atoms with E-state index in [1.54, 1.807) is 0 Å². The maximum Gasteiger partial charge on any atom is 0.317 e. The second-order valence-corrected chi connectivity index (χ2v) is 7.31. The van der Waals surface area contributed by atoms with E-state index in [1.807, 2.05) is 4.90 Å². The molecular formula is C17H30N2O3. The molecule has 2 amide bonds. The first-order valence-corrected chi connectivity index (χ1v) is 8.77. The van der Waals surface area contributed by atoms with E-state index < -0.39 is 5.97 Å².